The number of hydrogen-bond donors (Lipinski definition) is 2. The largest absolute Gasteiger partial charge is 0.506 e. The topological polar surface area (TPSA) is 35.5 Å². The van der Waals surface area contributed by atoms with Crippen molar-refractivity contribution in [2.75, 3.05) is 26.2 Å². The number of phenols is 1. The van der Waals surface area contributed by atoms with Crippen LogP contribution in [0.4, 0.5) is 8.78 Å². The molecule has 0 spiro atoms. The maximum absolute atomic E-state index is 14.3. The zero-order chi connectivity index (χ0) is 15.6. The van der Waals surface area contributed by atoms with Crippen LogP contribution in [0.25, 0.3) is 0 Å². The van der Waals surface area contributed by atoms with Crippen molar-refractivity contribution >= 4 is 15.9 Å². The van der Waals surface area contributed by atoms with Gasteiger partial charge in [-0.3, -0.25) is 4.90 Å². The number of benzene rings is 1. The number of piperazine rings is 1. The van der Waals surface area contributed by atoms with Crippen LogP contribution in [-0.2, 0) is 0 Å². The number of halogens is 3. The van der Waals surface area contributed by atoms with Gasteiger partial charge in [0.25, 0.3) is 0 Å². The highest BCUT2D eigenvalue weighted by Crippen LogP contribution is 2.40. The van der Waals surface area contributed by atoms with E-state index in [1.54, 1.807) is 0 Å². The van der Waals surface area contributed by atoms with Crippen LogP contribution in [-0.4, -0.2) is 36.2 Å². The van der Waals surface area contributed by atoms with Crippen molar-refractivity contribution in [3.63, 3.8) is 0 Å². The molecule has 0 radical (unpaired) electrons. The lowest BCUT2D eigenvalue weighted by Crippen LogP contribution is -2.45. The summed E-state index contributed by atoms with van der Waals surface area (Å²) in [5, 5.41) is 13.5. The first kappa shape index (κ1) is 16.6. The average molecular weight is 363 g/mol. The SMILES string of the molecule is CC(C)C[C@H](c1c(O)c(Br)cc(F)c1F)N1CCNCC1. The predicted octanol–water partition coefficient (Wildman–Crippen LogP) is 3.43. The third kappa shape index (κ3) is 3.73. The molecule has 1 aliphatic rings. The van der Waals surface area contributed by atoms with Gasteiger partial charge in [0, 0.05) is 32.2 Å². The van der Waals surface area contributed by atoms with Gasteiger partial charge in [0.05, 0.1) is 10.0 Å². The second-order valence-corrected chi connectivity index (χ2v) is 6.70. The van der Waals surface area contributed by atoms with Gasteiger partial charge in [-0.05, 0) is 34.3 Å². The summed E-state index contributed by atoms with van der Waals surface area (Å²) in [7, 11) is 0. The molecule has 1 aromatic rings. The van der Waals surface area contributed by atoms with E-state index in [2.05, 4.69) is 26.1 Å². The smallest absolute Gasteiger partial charge is 0.167 e. The molecule has 118 valence electrons. The van der Waals surface area contributed by atoms with E-state index in [1.807, 2.05) is 13.8 Å². The maximum Gasteiger partial charge on any atom is 0.167 e. The van der Waals surface area contributed by atoms with Gasteiger partial charge >= 0.3 is 0 Å². The highest BCUT2D eigenvalue weighted by atomic mass is 79.9. The molecule has 0 aliphatic carbocycles. The molecular formula is C15H21BrF2N2O. The van der Waals surface area contributed by atoms with E-state index in [0.717, 1.165) is 32.2 Å². The summed E-state index contributed by atoms with van der Waals surface area (Å²) < 4.78 is 28.2. The second kappa shape index (κ2) is 7.03. The minimum Gasteiger partial charge on any atom is -0.506 e. The number of phenolic OH excluding ortho intramolecular Hbond substituents is 1. The Kier molecular flexibility index (Phi) is 5.57. The number of nitrogens with zero attached hydrogens (tertiary/aromatic N) is 1. The minimum atomic E-state index is -0.945. The van der Waals surface area contributed by atoms with Crippen LogP contribution in [0.1, 0.15) is 31.9 Å². The first-order valence-electron chi connectivity index (χ1n) is 7.23. The van der Waals surface area contributed by atoms with Gasteiger partial charge in [0.2, 0.25) is 0 Å². The van der Waals surface area contributed by atoms with Gasteiger partial charge in [-0.25, -0.2) is 8.78 Å². The van der Waals surface area contributed by atoms with Crippen molar-refractivity contribution in [3.05, 3.63) is 27.7 Å². The van der Waals surface area contributed by atoms with Crippen LogP contribution in [0.3, 0.4) is 0 Å². The fourth-order valence-corrected chi connectivity index (χ4v) is 3.21. The van der Waals surface area contributed by atoms with Crippen molar-refractivity contribution in [2.45, 2.75) is 26.3 Å². The van der Waals surface area contributed by atoms with Crippen molar-refractivity contribution in [1.82, 2.24) is 10.2 Å². The van der Waals surface area contributed by atoms with E-state index in [1.165, 1.54) is 0 Å². The molecule has 21 heavy (non-hydrogen) atoms. The Bertz CT molecular complexity index is 479. The molecule has 6 heteroatoms. The molecule has 3 nitrogen and oxygen atoms in total. The normalized spacial score (nSPS) is 18.2. The lowest BCUT2D eigenvalue weighted by Gasteiger charge is -2.36. The van der Waals surface area contributed by atoms with Crippen LogP contribution in [0.5, 0.6) is 5.75 Å². The standard InChI is InChI=1S/C15H21BrF2N2O/c1-9(2)7-12(20-5-3-19-4-6-20)13-14(18)11(17)8-10(16)15(13)21/h8-9,12,19,21H,3-7H2,1-2H3/t12-/m1/s1. The summed E-state index contributed by atoms with van der Waals surface area (Å²) in [4.78, 5) is 2.11. The fourth-order valence-electron chi connectivity index (χ4n) is 2.80. The molecule has 1 fully saturated rings. The number of rotatable bonds is 4. The van der Waals surface area contributed by atoms with E-state index in [4.69, 9.17) is 0 Å². The maximum atomic E-state index is 14.3. The molecule has 0 aromatic heterocycles. The highest BCUT2D eigenvalue weighted by Gasteiger charge is 2.30. The van der Waals surface area contributed by atoms with Gasteiger partial charge in [0.15, 0.2) is 11.6 Å². The molecule has 1 aromatic carbocycles. The Hall–Kier alpha value is -0.720. The summed E-state index contributed by atoms with van der Waals surface area (Å²) in [5.41, 5.74) is 0.0671. The Balaban J connectivity index is 2.45. The third-order valence-electron chi connectivity index (χ3n) is 3.80. The Morgan fingerprint density at radius 2 is 1.95 bits per heavy atom. The Labute approximate surface area is 132 Å². The van der Waals surface area contributed by atoms with Crippen molar-refractivity contribution in [1.29, 1.82) is 0 Å². The van der Waals surface area contributed by atoms with Crippen LogP contribution >= 0.6 is 15.9 Å². The van der Waals surface area contributed by atoms with E-state index in [-0.39, 0.29) is 21.8 Å². The van der Waals surface area contributed by atoms with Crippen molar-refractivity contribution in [2.24, 2.45) is 5.92 Å². The van der Waals surface area contributed by atoms with Crippen molar-refractivity contribution in [3.8, 4) is 5.75 Å². The Morgan fingerprint density at radius 1 is 1.33 bits per heavy atom. The van der Waals surface area contributed by atoms with Gasteiger partial charge in [-0.2, -0.15) is 0 Å². The molecule has 1 aliphatic heterocycles. The Morgan fingerprint density at radius 3 is 2.52 bits per heavy atom. The molecule has 1 heterocycles. The average Bonchev–Trinajstić information content (AvgIpc) is 2.45. The number of hydrogen-bond acceptors (Lipinski definition) is 3. The molecule has 0 unspecified atom stereocenters. The second-order valence-electron chi connectivity index (χ2n) is 5.85. The van der Waals surface area contributed by atoms with Crippen molar-refractivity contribution < 1.29 is 13.9 Å². The van der Waals surface area contributed by atoms with E-state index in [9.17, 15) is 13.9 Å². The summed E-state index contributed by atoms with van der Waals surface area (Å²) in [6, 6.07) is 0.650. The molecule has 0 bridgehead atoms. The molecule has 2 N–H and O–H groups in total. The fraction of sp³-hybridized carbons (Fsp3) is 0.600. The van der Waals surface area contributed by atoms with E-state index < -0.39 is 11.6 Å². The zero-order valence-corrected chi connectivity index (χ0v) is 13.9. The first-order valence-corrected chi connectivity index (χ1v) is 8.02. The number of aromatic hydroxyl groups is 1. The van der Waals surface area contributed by atoms with E-state index in [0.29, 0.717) is 12.3 Å². The third-order valence-corrected chi connectivity index (χ3v) is 4.41. The van der Waals surface area contributed by atoms with Crippen LogP contribution in [0, 0.1) is 17.6 Å². The predicted molar refractivity (Wildman–Crippen MR) is 82.4 cm³/mol. The minimum absolute atomic E-state index is 0.0671. The van der Waals surface area contributed by atoms with Crippen LogP contribution in [0.15, 0.2) is 10.5 Å². The lowest BCUT2D eigenvalue weighted by atomic mass is 9.93. The summed E-state index contributed by atoms with van der Waals surface area (Å²) in [5.74, 6) is -1.76. The molecule has 0 saturated carbocycles. The number of nitrogens with one attached hydrogen (secondary N) is 1. The summed E-state index contributed by atoms with van der Waals surface area (Å²) >= 11 is 3.10. The van der Waals surface area contributed by atoms with Gasteiger partial charge < -0.3 is 10.4 Å². The van der Waals surface area contributed by atoms with Gasteiger partial charge in [-0.1, -0.05) is 13.8 Å². The van der Waals surface area contributed by atoms with E-state index >= 15 is 0 Å². The molecule has 0 amide bonds. The quantitative estimate of drug-likeness (QED) is 0.805. The molecule has 1 saturated heterocycles. The lowest BCUT2D eigenvalue weighted by molar-refractivity contribution is 0.147. The first-order chi connectivity index (χ1) is 9.91. The monoisotopic (exact) mass is 362 g/mol. The zero-order valence-electron chi connectivity index (χ0n) is 12.3. The molecular weight excluding hydrogens is 342 g/mol. The van der Waals surface area contributed by atoms with Gasteiger partial charge in [-0.15, -0.1) is 0 Å². The van der Waals surface area contributed by atoms with Crippen LogP contribution < -0.4 is 5.32 Å². The van der Waals surface area contributed by atoms with Gasteiger partial charge in [0.1, 0.15) is 5.75 Å². The molecule has 2 rings (SSSR count). The molecule has 1 atom stereocenters. The highest BCUT2D eigenvalue weighted by molar-refractivity contribution is 9.10. The summed E-state index contributed by atoms with van der Waals surface area (Å²) in [6.07, 6.45) is 0.667. The summed E-state index contributed by atoms with van der Waals surface area (Å²) in [6.45, 7) is 7.21. The van der Waals surface area contributed by atoms with Crippen LogP contribution in [0.2, 0.25) is 0 Å².